The number of carbonyl (C=O) groups excluding carboxylic acids is 6. The van der Waals surface area contributed by atoms with E-state index in [4.69, 9.17) is 9.47 Å². The quantitative estimate of drug-likeness (QED) is 0.0481. The number of nitrogens with one attached hydrogen (secondary N) is 4. The summed E-state index contributed by atoms with van der Waals surface area (Å²) >= 11 is 3.48. The normalized spacial score (nSPS) is 14.1. The van der Waals surface area contributed by atoms with Crippen molar-refractivity contribution in [2.75, 3.05) is 14.2 Å². The van der Waals surface area contributed by atoms with E-state index < -0.39 is 58.8 Å². The molecule has 9 aromatic rings. The van der Waals surface area contributed by atoms with Gasteiger partial charge < -0.3 is 30.7 Å². The van der Waals surface area contributed by atoms with Crippen LogP contribution in [0.2, 0.25) is 0 Å². The second kappa shape index (κ2) is 23.7. The fourth-order valence-electron chi connectivity index (χ4n) is 10.1. The van der Waals surface area contributed by atoms with Crippen molar-refractivity contribution in [2.45, 2.75) is 64.7 Å². The van der Waals surface area contributed by atoms with Crippen LogP contribution in [0.3, 0.4) is 0 Å². The molecule has 2 aliphatic carbocycles. The first-order chi connectivity index (χ1) is 39.4. The van der Waals surface area contributed by atoms with Crippen molar-refractivity contribution in [1.82, 2.24) is 50.5 Å². The van der Waals surface area contributed by atoms with Crippen LogP contribution in [0.1, 0.15) is 132 Å². The number of carbonyl (C=O) groups is 6. The van der Waals surface area contributed by atoms with E-state index in [9.17, 15) is 46.3 Å². The molecule has 0 aliphatic heterocycles. The maximum absolute atomic E-state index is 13.8. The van der Waals surface area contributed by atoms with Gasteiger partial charge in [-0.2, -0.15) is 10.2 Å². The van der Waals surface area contributed by atoms with Gasteiger partial charge in [0.1, 0.15) is 22.8 Å². The summed E-state index contributed by atoms with van der Waals surface area (Å²) in [6.07, 6.45) is 5.74. The molecule has 2 aliphatic rings. The van der Waals surface area contributed by atoms with Gasteiger partial charge in [0.15, 0.2) is 34.6 Å². The van der Waals surface area contributed by atoms with E-state index in [2.05, 4.69) is 41.4 Å². The molecule has 0 saturated heterocycles. The molecule has 2 atom stereocenters. The lowest BCUT2D eigenvalue weighted by atomic mass is 9.98. The summed E-state index contributed by atoms with van der Waals surface area (Å²) in [6.45, 7) is 3.58. The van der Waals surface area contributed by atoms with Crippen LogP contribution in [-0.2, 0) is 35.4 Å². The van der Waals surface area contributed by atoms with Crippen molar-refractivity contribution in [3.63, 3.8) is 0 Å². The van der Waals surface area contributed by atoms with Crippen LogP contribution < -0.4 is 21.3 Å². The average molecular weight is 1250 g/mol. The molecule has 0 saturated carbocycles. The Kier molecular flexibility index (Phi) is 16.3. The van der Waals surface area contributed by atoms with Crippen molar-refractivity contribution >= 4 is 80.8 Å². The standard InChI is InChI=1S/C31H25F2N5O4S.C27H22F2IN5O4/c1-16-18-8-10-24(20(18)7-6-19(16)31(41)42-2)37-30(40)26-13-25(29(39)34-14-17-5-9-22(32)23(33)12-17)36-28-21(15-35-38(26)28)27-4-3-11-43-27;1-13-15-6-8-21(17(15)5-4-16(13)27(38)39-2)34-26(37)23-10-22(33-24-20(30)12-32-35(23)24)25(36)31-11-14-3-7-18(28)19(29)9-14/h3-7,9,11-13,15,24H,8,10,14H2,1-2H3,(H,34,39)(H,37,40);3-5,7,9-10,12,21H,6,8,11H2,1-2H3,(H,31,36)(H,34,37)/t24-;21-/m00/s1. The van der Waals surface area contributed by atoms with Crippen molar-refractivity contribution in [2.24, 2.45) is 0 Å². The zero-order valence-electron chi connectivity index (χ0n) is 44.0. The van der Waals surface area contributed by atoms with Crippen molar-refractivity contribution in [3.8, 4) is 10.4 Å². The number of hydrogen-bond acceptors (Lipinski definition) is 13. The summed E-state index contributed by atoms with van der Waals surface area (Å²) in [5, 5.41) is 21.9. The minimum Gasteiger partial charge on any atom is -0.465 e. The third kappa shape index (κ3) is 11.3. The summed E-state index contributed by atoms with van der Waals surface area (Å²) < 4.78 is 66.9. The summed E-state index contributed by atoms with van der Waals surface area (Å²) in [6, 6.07) is 19.6. The molecule has 5 aromatic heterocycles. The first-order valence-corrected chi connectivity index (χ1v) is 27.3. The number of amides is 4. The Morgan fingerprint density at radius 2 is 1.09 bits per heavy atom. The van der Waals surface area contributed by atoms with Gasteiger partial charge in [0, 0.05) is 30.1 Å². The van der Waals surface area contributed by atoms with Gasteiger partial charge in [-0.05, 0) is 154 Å². The van der Waals surface area contributed by atoms with Crippen LogP contribution in [-0.4, -0.2) is 79.0 Å². The van der Waals surface area contributed by atoms with E-state index in [1.165, 1.54) is 65.0 Å². The highest BCUT2D eigenvalue weighted by Gasteiger charge is 2.32. The number of benzene rings is 4. The molecule has 11 rings (SSSR count). The van der Waals surface area contributed by atoms with Gasteiger partial charge in [-0.1, -0.05) is 30.3 Å². The number of methoxy groups -OCH3 is 2. The van der Waals surface area contributed by atoms with Crippen molar-refractivity contribution < 1.29 is 55.8 Å². The van der Waals surface area contributed by atoms with Crippen LogP contribution >= 0.6 is 33.9 Å². The maximum atomic E-state index is 13.8. The van der Waals surface area contributed by atoms with E-state index in [-0.39, 0.29) is 47.9 Å². The number of rotatable bonds is 13. The van der Waals surface area contributed by atoms with E-state index in [0.29, 0.717) is 68.4 Å². The molecule has 0 radical (unpaired) electrons. The molecule has 24 heteroatoms. The maximum Gasteiger partial charge on any atom is 0.338 e. The first-order valence-electron chi connectivity index (χ1n) is 25.4. The van der Waals surface area contributed by atoms with Crippen molar-refractivity contribution in [1.29, 1.82) is 0 Å². The van der Waals surface area contributed by atoms with Crippen LogP contribution in [0.4, 0.5) is 17.6 Å². The Bertz CT molecular complexity index is 4080. The summed E-state index contributed by atoms with van der Waals surface area (Å²) in [5.41, 5.74) is 8.59. The second-order valence-corrected chi connectivity index (χ2v) is 21.2. The third-order valence-corrected chi connectivity index (χ3v) is 16.0. The third-order valence-electron chi connectivity index (χ3n) is 14.3. The Balaban J connectivity index is 0.000000185. The number of halogens is 5. The van der Waals surface area contributed by atoms with E-state index in [0.717, 1.165) is 62.5 Å². The van der Waals surface area contributed by atoms with Crippen LogP contribution in [0.15, 0.2) is 103 Å². The summed E-state index contributed by atoms with van der Waals surface area (Å²) in [7, 11) is 2.67. The molecule has 0 bridgehead atoms. The van der Waals surface area contributed by atoms with Crippen LogP contribution in [0.25, 0.3) is 21.7 Å². The molecule has 18 nitrogen and oxygen atoms in total. The number of hydrogen-bond donors (Lipinski definition) is 4. The Hall–Kier alpha value is -8.91. The lowest BCUT2D eigenvalue weighted by molar-refractivity contribution is 0.0591. The fraction of sp³-hybridized carbons (Fsp3) is 0.207. The Labute approximate surface area is 481 Å². The minimum atomic E-state index is -1.02. The minimum absolute atomic E-state index is 0.0287. The van der Waals surface area contributed by atoms with Gasteiger partial charge >= 0.3 is 11.9 Å². The molecule has 0 unspecified atom stereocenters. The predicted molar refractivity (Wildman–Crippen MR) is 299 cm³/mol. The number of fused-ring (bicyclic) bond motifs is 4. The number of nitrogens with zero attached hydrogens (tertiary/aromatic N) is 6. The van der Waals surface area contributed by atoms with E-state index in [1.807, 2.05) is 66.1 Å². The molecule has 0 spiro atoms. The lowest BCUT2D eigenvalue weighted by Gasteiger charge is -2.16. The van der Waals surface area contributed by atoms with E-state index in [1.54, 1.807) is 18.3 Å². The van der Waals surface area contributed by atoms with Gasteiger partial charge in [-0.25, -0.2) is 46.1 Å². The SMILES string of the molecule is COC(=O)c1ccc2c(c1C)CC[C@@H]2NC(=O)c1cc(C(=O)NCc2ccc(F)c(F)c2)nc2c(-c3cccs3)cnn12.COC(=O)c1ccc2c(c1C)CC[C@@H]2NC(=O)c1cc(C(=O)NCc2ccc(F)c(F)c2)nc2c(I)cnn12. The molecule has 4 aromatic carbocycles. The molecule has 418 valence electrons. The largest absolute Gasteiger partial charge is 0.465 e. The monoisotopic (exact) mass is 1250 g/mol. The highest BCUT2D eigenvalue weighted by Crippen LogP contribution is 2.37. The highest BCUT2D eigenvalue weighted by molar-refractivity contribution is 14.1. The summed E-state index contributed by atoms with van der Waals surface area (Å²) in [5.74, 6) is -6.93. The highest BCUT2D eigenvalue weighted by atomic mass is 127. The van der Waals surface area contributed by atoms with Crippen molar-refractivity contribution in [3.05, 3.63) is 208 Å². The van der Waals surface area contributed by atoms with Gasteiger partial charge in [0.2, 0.25) is 0 Å². The Morgan fingerprint density at radius 3 is 1.55 bits per heavy atom. The number of thiophene rings is 1. The van der Waals surface area contributed by atoms with Gasteiger partial charge in [0.25, 0.3) is 23.6 Å². The molecule has 0 fully saturated rings. The molecule has 4 N–H and O–H groups in total. The average Bonchev–Trinajstić information content (AvgIpc) is 4.49. The summed E-state index contributed by atoms with van der Waals surface area (Å²) in [4.78, 5) is 87.4. The number of aromatic nitrogens is 6. The molecular weight excluding hydrogens is 1200 g/mol. The van der Waals surface area contributed by atoms with Crippen LogP contribution in [0, 0.1) is 40.7 Å². The molecule has 4 amide bonds. The molecule has 5 heterocycles. The molecular formula is C58H47F4IN10O8S. The Morgan fingerprint density at radius 1 is 0.610 bits per heavy atom. The predicted octanol–water partition coefficient (Wildman–Crippen LogP) is 9.23. The zero-order valence-corrected chi connectivity index (χ0v) is 46.9. The lowest BCUT2D eigenvalue weighted by Crippen LogP contribution is -2.30. The van der Waals surface area contributed by atoms with Gasteiger partial charge in [-0.3, -0.25) is 19.2 Å². The smallest absolute Gasteiger partial charge is 0.338 e. The van der Waals surface area contributed by atoms with Gasteiger partial charge in [-0.15, -0.1) is 11.3 Å². The topological polar surface area (TPSA) is 229 Å². The van der Waals surface area contributed by atoms with Crippen LogP contribution in [0.5, 0.6) is 0 Å². The van der Waals surface area contributed by atoms with Gasteiger partial charge in [0.05, 0.1) is 59.0 Å². The zero-order chi connectivity index (χ0) is 58.1. The van der Waals surface area contributed by atoms with E-state index >= 15 is 0 Å². The number of ether oxygens (including phenoxy) is 2. The number of esters is 2. The molecule has 82 heavy (non-hydrogen) atoms. The first kappa shape index (κ1) is 56.4. The second-order valence-electron chi connectivity index (χ2n) is 19.1. The fourth-order valence-corrected chi connectivity index (χ4v) is 11.3.